The lowest BCUT2D eigenvalue weighted by atomic mass is 9.99. The van der Waals surface area contributed by atoms with E-state index in [4.69, 9.17) is 0 Å². The highest BCUT2D eigenvalue weighted by Gasteiger charge is 2.16. The predicted molar refractivity (Wildman–Crippen MR) is 78.3 cm³/mol. The third kappa shape index (κ3) is 3.56. The molecule has 1 aromatic heterocycles. The van der Waals surface area contributed by atoms with Gasteiger partial charge in [0, 0.05) is 15.8 Å². The zero-order valence-electron chi connectivity index (χ0n) is 11.5. The fraction of sp³-hybridized carbons (Fsp3) is 0.733. The van der Waals surface area contributed by atoms with E-state index in [1.54, 1.807) is 10.4 Å². The Morgan fingerprint density at radius 2 is 2.17 bits per heavy atom. The summed E-state index contributed by atoms with van der Waals surface area (Å²) in [5, 5.41) is 13.1. The molecule has 2 unspecified atom stereocenters. The van der Waals surface area contributed by atoms with E-state index in [0.717, 1.165) is 19.4 Å². The fourth-order valence-corrected chi connectivity index (χ4v) is 3.78. The van der Waals surface area contributed by atoms with Gasteiger partial charge in [0.1, 0.15) is 0 Å². The van der Waals surface area contributed by atoms with Crippen LogP contribution in [0, 0.1) is 0 Å². The molecular formula is C15H25NOS. The van der Waals surface area contributed by atoms with E-state index < -0.39 is 0 Å². The Labute approximate surface area is 114 Å². The van der Waals surface area contributed by atoms with Gasteiger partial charge < -0.3 is 10.4 Å². The summed E-state index contributed by atoms with van der Waals surface area (Å²) in [6.07, 6.45) is 6.82. The van der Waals surface area contributed by atoms with E-state index >= 15 is 0 Å². The van der Waals surface area contributed by atoms with Crippen LogP contribution in [-0.2, 0) is 12.8 Å². The Bertz CT molecular complexity index is 351. The lowest BCUT2D eigenvalue weighted by Gasteiger charge is -2.13. The standard InChI is InChI=1S/C15H25NOS/c1-3-13(17)8-9-16-11(2)15-10-12-6-4-5-7-14(12)18-15/h10-11,13,16-17H,3-9H2,1-2H3. The van der Waals surface area contributed by atoms with Gasteiger partial charge in [-0.1, -0.05) is 6.92 Å². The molecule has 0 spiro atoms. The highest BCUT2D eigenvalue weighted by Crippen LogP contribution is 2.32. The molecule has 1 aliphatic carbocycles. The Balaban J connectivity index is 1.85. The number of aliphatic hydroxyl groups is 1. The van der Waals surface area contributed by atoms with Crippen molar-refractivity contribution >= 4 is 11.3 Å². The fourth-order valence-electron chi connectivity index (χ4n) is 2.50. The molecule has 2 N–H and O–H groups in total. The molecule has 102 valence electrons. The summed E-state index contributed by atoms with van der Waals surface area (Å²) in [5.74, 6) is 0. The first kappa shape index (κ1) is 14.0. The van der Waals surface area contributed by atoms with Crippen LogP contribution < -0.4 is 5.32 Å². The first-order valence-corrected chi connectivity index (χ1v) is 8.05. The molecule has 0 aliphatic heterocycles. The molecule has 2 rings (SSSR count). The molecule has 18 heavy (non-hydrogen) atoms. The topological polar surface area (TPSA) is 32.3 Å². The van der Waals surface area contributed by atoms with Crippen LogP contribution in [0.4, 0.5) is 0 Å². The minimum Gasteiger partial charge on any atom is -0.393 e. The molecule has 3 heteroatoms. The van der Waals surface area contributed by atoms with Gasteiger partial charge in [-0.25, -0.2) is 0 Å². The number of nitrogens with one attached hydrogen (secondary N) is 1. The second kappa shape index (κ2) is 6.69. The third-order valence-electron chi connectivity index (χ3n) is 3.84. The maximum Gasteiger partial charge on any atom is 0.0549 e. The summed E-state index contributed by atoms with van der Waals surface area (Å²) >= 11 is 1.98. The van der Waals surface area contributed by atoms with Crippen LogP contribution >= 0.6 is 11.3 Å². The zero-order valence-corrected chi connectivity index (χ0v) is 12.4. The highest BCUT2D eigenvalue weighted by molar-refractivity contribution is 7.12. The Hall–Kier alpha value is -0.380. The molecule has 0 amide bonds. The highest BCUT2D eigenvalue weighted by atomic mass is 32.1. The minimum absolute atomic E-state index is 0.152. The minimum atomic E-state index is -0.152. The molecule has 0 aromatic carbocycles. The molecule has 1 heterocycles. The largest absolute Gasteiger partial charge is 0.393 e. The smallest absolute Gasteiger partial charge is 0.0549 e. The maximum atomic E-state index is 9.54. The van der Waals surface area contributed by atoms with Crippen molar-refractivity contribution in [3.05, 3.63) is 21.4 Å². The average Bonchev–Trinajstić information content (AvgIpc) is 2.82. The molecule has 2 nitrogen and oxygen atoms in total. The van der Waals surface area contributed by atoms with Gasteiger partial charge in [0.15, 0.2) is 0 Å². The predicted octanol–water partition coefficient (Wildman–Crippen LogP) is 3.44. The van der Waals surface area contributed by atoms with Crippen molar-refractivity contribution in [3.63, 3.8) is 0 Å². The van der Waals surface area contributed by atoms with E-state index in [0.29, 0.717) is 6.04 Å². The van der Waals surface area contributed by atoms with Crippen molar-refractivity contribution in [2.45, 2.75) is 64.5 Å². The number of aliphatic hydroxyl groups excluding tert-OH is 1. The molecule has 0 bridgehead atoms. The van der Waals surface area contributed by atoms with Gasteiger partial charge in [0.05, 0.1) is 6.10 Å². The second-order valence-electron chi connectivity index (χ2n) is 5.33. The van der Waals surface area contributed by atoms with Crippen LogP contribution in [-0.4, -0.2) is 17.8 Å². The zero-order chi connectivity index (χ0) is 13.0. The Morgan fingerprint density at radius 3 is 2.89 bits per heavy atom. The van der Waals surface area contributed by atoms with Crippen LogP contribution in [0.3, 0.4) is 0 Å². The van der Waals surface area contributed by atoms with E-state index in [1.807, 2.05) is 18.3 Å². The quantitative estimate of drug-likeness (QED) is 0.827. The van der Waals surface area contributed by atoms with Crippen molar-refractivity contribution < 1.29 is 5.11 Å². The Kier molecular flexibility index (Phi) is 5.22. The molecule has 0 saturated carbocycles. The van der Waals surface area contributed by atoms with Crippen LogP contribution in [0.25, 0.3) is 0 Å². The van der Waals surface area contributed by atoms with Gasteiger partial charge in [0.25, 0.3) is 0 Å². The molecule has 1 aromatic rings. The normalized spacial score (nSPS) is 18.4. The number of hydrogen-bond acceptors (Lipinski definition) is 3. The summed E-state index contributed by atoms with van der Waals surface area (Å²) in [6, 6.07) is 2.82. The third-order valence-corrected chi connectivity index (χ3v) is 5.26. The first-order chi connectivity index (χ1) is 8.70. The first-order valence-electron chi connectivity index (χ1n) is 7.23. The molecule has 2 atom stereocenters. The summed E-state index contributed by atoms with van der Waals surface area (Å²) in [7, 11) is 0. The lowest BCUT2D eigenvalue weighted by molar-refractivity contribution is 0.159. The van der Waals surface area contributed by atoms with Crippen LogP contribution in [0.1, 0.15) is 60.9 Å². The second-order valence-corrected chi connectivity index (χ2v) is 6.50. The number of fused-ring (bicyclic) bond motifs is 1. The van der Waals surface area contributed by atoms with Crippen molar-refractivity contribution in [2.24, 2.45) is 0 Å². The van der Waals surface area contributed by atoms with Gasteiger partial charge in [-0.15, -0.1) is 11.3 Å². The Morgan fingerprint density at radius 1 is 1.39 bits per heavy atom. The van der Waals surface area contributed by atoms with Crippen LogP contribution in [0.15, 0.2) is 6.07 Å². The molecule has 1 aliphatic rings. The van der Waals surface area contributed by atoms with Crippen molar-refractivity contribution in [1.29, 1.82) is 0 Å². The van der Waals surface area contributed by atoms with Crippen molar-refractivity contribution in [3.8, 4) is 0 Å². The van der Waals surface area contributed by atoms with Gasteiger partial charge in [-0.2, -0.15) is 0 Å². The van der Waals surface area contributed by atoms with Crippen molar-refractivity contribution in [2.75, 3.05) is 6.54 Å². The van der Waals surface area contributed by atoms with E-state index in [-0.39, 0.29) is 6.10 Å². The summed E-state index contributed by atoms with van der Waals surface area (Å²) < 4.78 is 0. The van der Waals surface area contributed by atoms with E-state index in [1.165, 1.54) is 30.6 Å². The lowest BCUT2D eigenvalue weighted by Crippen LogP contribution is -2.22. The van der Waals surface area contributed by atoms with Gasteiger partial charge in [-0.05, 0) is 63.6 Å². The monoisotopic (exact) mass is 267 g/mol. The van der Waals surface area contributed by atoms with E-state index in [2.05, 4.69) is 18.3 Å². The van der Waals surface area contributed by atoms with Gasteiger partial charge >= 0.3 is 0 Å². The molecule has 0 saturated heterocycles. The maximum absolute atomic E-state index is 9.54. The number of aryl methyl sites for hydroxylation is 2. The van der Waals surface area contributed by atoms with Gasteiger partial charge in [-0.3, -0.25) is 0 Å². The number of hydrogen-bond donors (Lipinski definition) is 2. The summed E-state index contributed by atoms with van der Waals surface area (Å²) in [4.78, 5) is 3.08. The van der Waals surface area contributed by atoms with Crippen LogP contribution in [0.2, 0.25) is 0 Å². The van der Waals surface area contributed by atoms with Crippen LogP contribution in [0.5, 0.6) is 0 Å². The summed E-state index contributed by atoms with van der Waals surface area (Å²) in [5.41, 5.74) is 1.59. The number of thiophene rings is 1. The summed E-state index contributed by atoms with van der Waals surface area (Å²) in [6.45, 7) is 5.16. The average molecular weight is 267 g/mol. The SMILES string of the molecule is CCC(O)CCNC(C)c1cc2c(s1)CCCC2. The van der Waals surface area contributed by atoms with Crippen molar-refractivity contribution in [1.82, 2.24) is 5.32 Å². The number of rotatable bonds is 6. The molecular weight excluding hydrogens is 242 g/mol. The molecule has 0 radical (unpaired) electrons. The molecule has 0 fully saturated rings. The van der Waals surface area contributed by atoms with Gasteiger partial charge in [0.2, 0.25) is 0 Å². The van der Waals surface area contributed by atoms with E-state index in [9.17, 15) is 5.11 Å².